The summed E-state index contributed by atoms with van der Waals surface area (Å²) in [5.74, 6) is 0.862. The molecule has 0 radical (unpaired) electrons. The zero-order valence-corrected chi connectivity index (χ0v) is 11.9. The number of nitrogens with one attached hydrogen (secondary N) is 1. The molecule has 0 atom stereocenters. The molecule has 1 aliphatic heterocycles. The Labute approximate surface area is 120 Å². The molecule has 1 N–H and O–H groups in total. The molecule has 3 rings (SSSR count). The van der Waals surface area contributed by atoms with Crippen molar-refractivity contribution in [3.05, 3.63) is 35.2 Å². The van der Waals surface area contributed by atoms with Crippen molar-refractivity contribution in [1.29, 1.82) is 0 Å². The SMILES string of the molecule is CSc1nc(Cl)c2c(n1)N(Cc1ccncc1)CN2. The molecule has 0 saturated carbocycles. The molecule has 0 amide bonds. The fourth-order valence-corrected chi connectivity index (χ4v) is 2.61. The first-order valence-electron chi connectivity index (χ1n) is 5.77. The largest absolute Gasteiger partial charge is 0.362 e. The monoisotopic (exact) mass is 293 g/mol. The van der Waals surface area contributed by atoms with Gasteiger partial charge in [-0.3, -0.25) is 4.98 Å². The maximum absolute atomic E-state index is 6.16. The molecule has 0 aliphatic carbocycles. The number of hydrogen-bond donors (Lipinski definition) is 1. The van der Waals surface area contributed by atoms with Gasteiger partial charge in [-0.2, -0.15) is 0 Å². The normalized spacial score (nSPS) is 13.3. The first kappa shape index (κ1) is 12.5. The smallest absolute Gasteiger partial charge is 0.190 e. The van der Waals surface area contributed by atoms with Gasteiger partial charge in [-0.05, 0) is 24.0 Å². The summed E-state index contributed by atoms with van der Waals surface area (Å²) in [7, 11) is 0. The molecule has 0 saturated heterocycles. The van der Waals surface area contributed by atoms with E-state index < -0.39 is 0 Å². The second-order valence-corrected chi connectivity index (χ2v) is 5.22. The Morgan fingerprint density at radius 1 is 1.37 bits per heavy atom. The molecular weight excluding hydrogens is 282 g/mol. The Morgan fingerprint density at radius 3 is 2.89 bits per heavy atom. The summed E-state index contributed by atoms with van der Waals surface area (Å²) >= 11 is 7.64. The third kappa shape index (κ3) is 2.46. The van der Waals surface area contributed by atoms with E-state index in [-0.39, 0.29) is 0 Å². The molecule has 0 bridgehead atoms. The molecule has 0 aromatic carbocycles. The maximum Gasteiger partial charge on any atom is 0.190 e. The second kappa shape index (κ2) is 5.22. The van der Waals surface area contributed by atoms with Gasteiger partial charge in [0.25, 0.3) is 0 Å². The van der Waals surface area contributed by atoms with Crippen LogP contribution < -0.4 is 10.2 Å². The van der Waals surface area contributed by atoms with Crippen molar-refractivity contribution >= 4 is 34.9 Å². The molecule has 2 aromatic rings. The number of hydrogen-bond acceptors (Lipinski definition) is 6. The van der Waals surface area contributed by atoms with Crippen LogP contribution in [0.3, 0.4) is 0 Å². The van der Waals surface area contributed by atoms with Crippen molar-refractivity contribution in [3.63, 3.8) is 0 Å². The Hall–Kier alpha value is -1.53. The number of nitrogens with zero attached hydrogens (tertiary/aromatic N) is 4. The van der Waals surface area contributed by atoms with E-state index in [1.54, 1.807) is 12.4 Å². The fraction of sp³-hybridized carbons (Fsp3) is 0.250. The standard InChI is InChI=1S/C12H12ClN5S/c1-19-12-16-10(13)9-11(17-12)18(7-15-9)6-8-2-4-14-5-3-8/h2-5,15H,6-7H2,1H3. The van der Waals surface area contributed by atoms with E-state index in [4.69, 9.17) is 11.6 Å². The van der Waals surface area contributed by atoms with Crippen LogP contribution in [0.15, 0.2) is 29.7 Å². The number of aromatic nitrogens is 3. The quantitative estimate of drug-likeness (QED) is 0.533. The topological polar surface area (TPSA) is 53.9 Å². The number of pyridine rings is 1. The van der Waals surface area contributed by atoms with Crippen LogP contribution in [0.5, 0.6) is 0 Å². The Kier molecular flexibility index (Phi) is 3.44. The Morgan fingerprint density at radius 2 is 2.16 bits per heavy atom. The third-order valence-electron chi connectivity index (χ3n) is 2.88. The first-order chi connectivity index (χ1) is 9.28. The molecule has 19 heavy (non-hydrogen) atoms. The van der Waals surface area contributed by atoms with Gasteiger partial charge in [0.05, 0.1) is 6.67 Å². The van der Waals surface area contributed by atoms with Gasteiger partial charge in [0.2, 0.25) is 0 Å². The lowest BCUT2D eigenvalue weighted by molar-refractivity contribution is 0.837. The lowest BCUT2D eigenvalue weighted by Crippen LogP contribution is -2.22. The molecule has 1 aliphatic rings. The second-order valence-electron chi connectivity index (χ2n) is 4.09. The van der Waals surface area contributed by atoms with Crippen molar-refractivity contribution < 1.29 is 0 Å². The van der Waals surface area contributed by atoms with Gasteiger partial charge in [0, 0.05) is 18.9 Å². The molecule has 5 nitrogen and oxygen atoms in total. The van der Waals surface area contributed by atoms with Crippen LogP contribution in [-0.4, -0.2) is 27.9 Å². The van der Waals surface area contributed by atoms with Crippen molar-refractivity contribution in [3.8, 4) is 0 Å². The summed E-state index contributed by atoms with van der Waals surface area (Å²) in [5.41, 5.74) is 2.00. The summed E-state index contributed by atoms with van der Waals surface area (Å²) < 4.78 is 0. The van der Waals surface area contributed by atoms with Crippen LogP contribution in [0.2, 0.25) is 5.15 Å². The Bertz CT molecular complexity index is 592. The van der Waals surface area contributed by atoms with E-state index in [9.17, 15) is 0 Å². The molecule has 0 fully saturated rings. The van der Waals surface area contributed by atoms with Gasteiger partial charge in [-0.25, -0.2) is 9.97 Å². The molecule has 3 heterocycles. The zero-order valence-electron chi connectivity index (χ0n) is 10.3. The number of thioether (sulfide) groups is 1. The van der Waals surface area contributed by atoms with Crippen molar-refractivity contribution in [2.75, 3.05) is 23.1 Å². The minimum atomic E-state index is 0.478. The predicted octanol–water partition coefficient (Wildman–Crippen LogP) is 2.64. The van der Waals surface area contributed by atoms with E-state index >= 15 is 0 Å². The van der Waals surface area contributed by atoms with E-state index in [0.29, 0.717) is 17.0 Å². The van der Waals surface area contributed by atoms with Crippen molar-refractivity contribution in [2.24, 2.45) is 0 Å². The summed E-state index contributed by atoms with van der Waals surface area (Å²) in [6.07, 6.45) is 5.52. The number of rotatable bonds is 3. The minimum Gasteiger partial charge on any atom is -0.362 e. The van der Waals surface area contributed by atoms with E-state index in [0.717, 1.165) is 18.1 Å². The van der Waals surface area contributed by atoms with Crippen LogP contribution in [-0.2, 0) is 6.54 Å². The minimum absolute atomic E-state index is 0.478. The lowest BCUT2D eigenvalue weighted by Gasteiger charge is -2.17. The lowest BCUT2D eigenvalue weighted by atomic mass is 10.2. The van der Waals surface area contributed by atoms with Crippen molar-refractivity contribution in [1.82, 2.24) is 15.0 Å². The molecular formula is C12H12ClN5S. The molecule has 98 valence electrons. The van der Waals surface area contributed by atoms with E-state index in [1.807, 2.05) is 18.4 Å². The van der Waals surface area contributed by atoms with Gasteiger partial charge in [0.1, 0.15) is 5.69 Å². The highest BCUT2D eigenvalue weighted by molar-refractivity contribution is 7.98. The van der Waals surface area contributed by atoms with Crippen LogP contribution in [0, 0.1) is 0 Å². The average molecular weight is 294 g/mol. The molecule has 7 heteroatoms. The summed E-state index contributed by atoms with van der Waals surface area (Å²) in [5, 5.41) is 4.40. The van der Waals surface area contributed by atoms with Gasteiger partial charge in [-0.1, -0.05) is 23.4 Å². The molecule has 0 spiro atoms. The van der Waals surface area contributed by atoms with E-state index in [2.05, 4.69) is 25.2 Å². The Balaban J connectivity index is 1.91. The van der Waals surface area contributed by atoms with Crippen LogP contribution in [0.4, 0.5) is 11.5 Å². The fourth-order valence-electron chi connectivity index (χ4n) is 1.96. The summed E-state index contributed by atoms with van der Waals surface area (Å²) in [6, 6.07) is 3.99. The molecule has 2 aromatic heterocycles. The van der Waals surface area contributed by atoms with E-state index in [1.165, 1.54) is 17.3 Å². The van der Waals surface area contributed by atoms with Crippen LogP contribution >= 0.6 is 23.4 Å². The van der Waals surface area contributed by atoms with Gasteiger partial charge < -0.3 is 10.2 Å². The first-order valence-corrected chi connectivity index (χ1v) is 7.37. The molecule has 0 unspecified atom stereocenters. The number of fused-ring (bicyclic) bond motifs is 1. The third-order valence-corrected chi connectivity index (χ3v) is 3.70. The highest BCUT2D eigenvalue weighted by Crippen LogP contribution is 2.36. The average Bonchev–Trinajstić information content (AvgIpc) is 2.83. The highest BCUT2D eigenvalue weighted by Gasteiger charge is 2.24. The predicted molar refractivity (Wildman–Crippen MR) is 77.7 cm³/mol. The summed E-state index contributed by atoms with van der Waals surface area (Å²) in [6.45, 7) is 1.45. The zero-order chi connectivity index (χ0) is 13.2. The van der Waals surface area contributed by atoms with Gasteiger partial charge in [-0.15, -0.1) is 0 Å². The number of halogens is 1. The maximum atomic E-state index is 6.16. The highest BCUT2D eigenvalue weighted by atomic mass is 35.5. The summed E-state index contributed by atoms with van der Waals surface area (Å²) in [4.78, 5) is 14.9. The number of anilines is 2. The van der Waals surface area contributed by atoms with Gasteiger partial charge >= 0.3 is 0 Å². The van der Waals surface area contributed by atoms with Gasteiger partial charge in [0.15, 0.2) is 16.1 Å². The van der Waals surface area contributed by atoms with Crippen LogP contribution in [0.25, 0.3) is 0 Å². The van der Waals surface area contributed by atoms with Crippen molar-refractivity contribution in [2.45, 2.75) is 11.7 Å². The van der Waals surface area contributed by atoms with Crippen LogP contribution in [0.1, 0.15) is 5.56 Å².